The van der Waals surface area contributed by atoms with Crippen molar-refractivity contribution in [2.75, 3.05) is 13.1 Å². The minimum atomic E-state index is -0.313. The fraction of sp³-hybridized carbons (Fsp3) is 0.185. The zero-order valence-corrected chi connectivity index (χ0v) is 19.0. The Kier molecular flexibility index (Phi) is 5.65. The molecule has 2 amide bonds. The third-order valence-electron chi connectivity index (χ3n) is 6.24. The highest BCUT2D eigenvalue weighted by Crippen LogP contribution is 2.42. The molecule has 2 heterocycles. The van der Waals surface area contributed by atoms with Gasteiger partial charge in [0.2, 0.25) is 5.91 Å². The van der Waals surface area contributed by atoms with E-state index in [4.69, 9.17) is 11.6 Å². The first-order chi connectivity index (χ1) is 16.0. The van der Waals surface area contributed by atoms with E-state index in [1.54, 1.807) is 4.90 Å². The van der Waals surface area contributed by atoms with E-state index < -0.39 is 0 Å². The number of aromatic amines is 1. The van der Waals surface area contributed by atoms with E-state index in [2.05, 4.69) is 16.4 Å². The van der Waals surface area contributed by atoms with Crippen LogP contribution in [0.15, 0.2) is 72.8 Å². The number of halogens is 1. The van der Waals surface area contributed by atoms with Gasteiger partial charge in [0.05, 0.1) is 6.04 Å². The fourth-order valence-electron chi connectivity index (χ4n) is 4.70. The van der Waals surface area contributed by atoms with Crippen molar-refractivity contribution < 1.29 is 9.59 Å². The van der Waals surface area contributed by atoms with Gasteiger partial charge in [-0.1, -0.05) is 60.1 Å². The Labute approximate surface area is 197 Å². The number of nitrogens with one attached hydrogen (secondary N) is 2. The first-order valence-electron chi connectivity index (χ1n) is 11.0. The number of para-hydroxylation sites is 1. The average Bonchev–Trinajstić information content (AvgIpc) is 3.28. The van der Waals surface area contributed by atoms with Gasteiger partial charge in [0.15, 0.2) is 0 Å². The van der Waals surface area contributed by atoms with Crippen molar-refractivity contribution in [2.45, 2.75) is 19.4 Å². The van der Waals surface area contributed by atoms with Crippen molar-refractivity contribution in [3.8, 4) is 0 Å². The van der Waals surface area contributed by atoms with Crippen LogP contribution >= 0.6 is 11.6 Å². The highest BCUT2D eigenvalue weighted by molar-refractivity contribution is 6.30. The van der Waals surface area contributed by atoms with E-state index >= 15 is 0 Å². The van der Waals surface area contributed by atoms with E-state index in [1.165, 1.54) is 0 Å². The molecule has 0 saturated heterocycles. The highest BCUT2D eigenvalue weighted by atomic mass is 35.5. The van der Waals surface area contributed by atoms with Gasteiger partial charge in [0.1, 0.15) is 6.54 Å². The Bertz CT molecular complexity index is 1340. The fourth-order valence-corrected chi connectivity index (χ4v) is 4.83. The van der Waals surface area contributed by atoms with Gasteiger partial charge in [-0.3, -0.25) is 9.59 Å². The molecule has 33 heavy (non-hydrogen) atoms. The lowest BCUT2D eigenvalue weighted by Gasteiger charge is -2.25. The van der Waals surface area contributed by atoms with Gasteiger partial charge in [-0.25, -0.2) is 0 Å². The van der Waals surface area contributed by atoms with Gasteiger partial charge in [-0.15, -0.1) is 0 Å². The van der Waals surface area contributed by atoms with E-state index in [9.17, 15) is 9.59 Å². The first-order valence-corrected chi connectivity index (χ1v) is 11.4. The SMILES string of the molecule is Cc1[nH]c2ccccc2c1C1c2ccccc2C(=O)N1CC(=O)NCCc1ccc(Cl)cc1. The average molecular weight is 458 g/mol. The minimum Gasteiger partial charge on any atom is -0.358 e. The van der Waals surface area contributed by atoms with E-state index in [-0.39, 0.29) is 24.4 Å². The smallest absolute Gasteiger partial charge is 0.255 e. The standard InChI is InChI=1S/C27H24ClN3O2/c1-17-25(22-8-4-5-9-23(22)30-17)26-20-6-2-3-7-21(20)27(33)31(26)16-24(32)29-15-14-18-10-12-19(28)13-11-18/h2-13,26,30H,14-16H2,1H3,(H,29,32). The summed E-state index contributed by atoms with van der Waals surface area (Å²) in [5, 5.41) is 4.72. The van der Waals surface area contributed by atoms with E-state index in [0.29, 0.717) is 23.6 Å². The van der Waals surface area contributed by atoms with Crippen LogP contribution in [-0.4, -0.2) is 34.8 Å². The zero-order valence-electron chi connectivity index (χ0n) is 18.3. The van der Waals surface area contributed by atoms with Crippen LogP contribution < -0.4 is 5.32 Å². The molecule has 5 rings (SSSR count). The van der Waals surface area contributed by atoms with Crippen LogP contribution in [0, 0.1) is 6.92 Å². The number of nitrogens with zero attached hydrogens (tertiary/aromatic N) is 1. The number of hydrogen-bond donors (Lipinski definition) is 2. The number of H-pyrrole nitrogens is 1. The number of rotatable bonds is 6. The summed E-state index contributed by atoms with van der Waals surface area (Å²) >= 11 is 5.94. The van der Waals surface area contributed by atoms with Crippen LogP contribution in [0.5, 0.6) is 0 Å². The maximum atomic E-state index is 13.3. The summed E-state index contributed by atoms with van der Waals surface area (Å²) in [6.45, 7) is 2.51. The largest absolute Gasteiger partial charge is 0.358 e. The molecular weight excluding hydrogens is 434 g/mol. The lowest BCUT2D eigenvalue weighted by atomic mass is 9.95. The summed E-state index contributed by atoms with van der Waals surface area (Å²) in [6.07, 6.45) is 0.696. The molecule has 5 nitrogen and oxygen atoms in total. The van der Waals surface area contributed by atoms with E-state index in [1.807, 2.05) is 73.7 Å². The normalized spacial score (nSPS) is 15.2. The van der Waals surface area contributed by atoms with Crippen molar-refractivity contribution in [3.63, 3.8) is 0 Å². The number of hydrogen-bond acceptors (Lipinski definition) is 2. The Morgan fingerprint density at radius 1 is 1.03 bits per heavy atom. The predicted molar refractivity (Wildman–Crippen MR) is 131 cm³/mol. The number of carbonyl (C=O) groups is 2. The lowest BCUT2D eigenvalue weighted by Crippen LogP contribution is -2.40. The molecule has 0 radical (unpaired) electrons. The van der Waals surface area contributed by atoms with Gasteiger partial charge in [0.25, 0.3) is 5.91 Å². The molecule has 2 N–H and O–H groups in total. The second-order valence-corrected chi connectivity index (χ2v) is 8.79. The molecule has 4 aromatic rings. The van der Waals surface area contributed by atoms with Crippen molar-refractivity contribution in [3.05, 3.63) is 106 Å². The summed E-state index contributed by atoms with van der Waals surface area (Å²) in [5.41, 5.74) is 5.74. The van der Waals surface area contributed by atoms with Crippen molar-refractivity contribution in [1.82, 2.24) is 15.2 Å². The van der Waals surface area contributed by atoms with E-state index in [0.717, 1.165) is 33.3 Å². The Morgan fingerprint density at radius 2 is 1.76 bits per heavy atom. The third kappa shape index (κ3) is 4.00. The third-order valence-corrected chi connectivity index (χ3v) is 6.49. The molecule has 3 aromatic carbocycles. The number of aryl methyl sites for hydroxylation is 1. The second kappa shape index (κ2) is 8.75. The van der Waals surface area contributed by atoms with Gasteiger partial charge >= 0.3 is 0 Å². The first kappa shape index (κ1) is 21.3. The van der Waals surface area contributed by atoms with Crippen molar-refractivity contribution >= 4 is 34.3 Å². The number of benzene rings is 3. The number of carbonyl (C=O) groups excluding carboxylic acids is 2. The molecule has 0 saturated carbocycles. The molecule has 6 heteroatoms. The summed E-state index contributed by atoms with van der Waals surface area (Å²) in [7, 11) is 0. The number of fused-ring (bicyclic) bond motifs is 2. The van der Waals surface area contributed by atoms with Crippen LogP contribution in [0.2, 0.25) is 5.02 Å². The number of aromatic nitrogens is 1. The van der Waals surface area contributed by atoms with Crippen molar-refractivity contribution in [2.24, 2.45) is 0 Å². The minimum absolute atomic E-state index is 0.00224. The molecule has 0 aliphatic carbocycles. The Morgan fingerprint density at radius 3 is 2.58 bits per heavy atom. The molecule has 0 spiro atoms. The highest BCUT2D eigenvalue weighted by Gasteiger charge is 2.40. The van der Waals surface area contributed by atoms with Crippen LogP contribution in [-0.2, 0) is 11.2 Å². The maximum Gasteiger partial charge on any atom is 0.255 e. The van der Waals surface area contributed by atoms with Crippen LogP contribution in [0.3, 0.4) is 0 Å². The summed E-state index contributed by atoms with van der Waals surface area (Å²) in [4.78, 5) is 31.3. The molecule has 166 valence electrons. The Hall–Kier alpha value is -3.57. The second-order valence-electron chi connectivity index (χ2n) is 8.36. The van der Waals surface area contributed by atoms with Crippen LogP contribution in [0.1, 0.15) is 38.8 Å². The summed E-state index contributed by atoms with van der Waals surface area (Å²) in [5.74, 6) is -0.291. The predicted octanol–water partition coefficient (Wildman–Crippen LogP) is 5.03. The van der Waals surface area contributed by atoms with Gasteiger partial charge in [-0.05, 0) is 48.7 Å². The quantitative estimate of drug-likeness (QED) is 0.426. The molecular formula is C27H24ClN3O2. The van der Waals surface area contributed by atoms with Gasteiger partial charge in [-0.2, -0.15) is 0 Å². The van der Waals surface area contributed by atoms with Crippen LogP contribution in [0.25, 0.3) is 10.9 Å². The summed E-state index contributed by atoms with van der Waals surface area (Å²) in [6, 6.07) is 23.0. The van der Waals surface area contributed by atoms with Crippen LogP contribution in [0.4, 0.5) is 0 Å². The molecule has 1 aliphatic heterocycles. The molecule has 0 fully saturated rings. The van der Waals surface area contributed by atoms with Gasteiger partial charge < -0.3 is 15.2 Å². The topological polar surface area (TPSA) is 65.2 Å². The maximum absolute atomic E-state index is 13.3. The van der Waals surface area contributed by atoms with Gasteiger partial charge in [0, 0.05) is 39.3 Å². The Balaban J connectivity index is 1.39. The number of amides is 2. The zero-order chi connectivity index (χ0) is 22.9. The summed E-state index contributed by atoms with van der Waals surface area (Å²) < 4.78 is 0. The molecule has 1 atom stereocenters. The molecule has 0 bridgehead atoms. The molecule has 1 unspecified atom stereocenters. The molecule has 1 aromatic heterocycles. The van der Waals surface area contributed by atoms with Crippen molar-refractivity contribution in [1.29, 1.82) is 0 Å². The monoisotopic (exact) mass is 457 g/mol. The molecule has 1 aliphatic rings. The lowest BCUT2D eigenvalue weighted by molar-refractivity contribution is -0.122.